The number of cyclic esters (lactones) is 1. The smallest absolute Gasteiger partial charge is 0.309 e. The van der Waals surface area contributed by atoms with Crippen molar-refractivity contribution in [2.45, 2.75) is 50.7 Å². The first kappa shape index (κ1) is 33.0. The molecule has 2 aromatic rings. The highest BCUT2D eigenvalue weighted by molar-refractivity contribution is 5.86. The van der Waals surface area contributed by atoms with E-state index in [4.69, 9.17) is 19.3 Å². The standard InChI is InChI=1S/C33H44N2O7/c1-40-24-29-31(26-14-10-5-11-15-26)42-33(39)28(22-25-12-6-4-7-13-25)17-9-3-2-8-16-27(32(38)35-29)23-30(37)34-18-20-41-21-19-36/h2,4-8,10-15,27-29,31,36H,3,9,16-24H2,1H3,(H,34,37)(H,35,38)/t27-,28-,29+,31+/m1/s1. The highest BCUT2D eigenvalue weighted by Crippen LogP contribution is 2.27. The van der Waals surface area contributed by atoms with Gasteiger partial charge in [0.05, 0.1) is 44.3 Å². The van der Waals surface area contributed by atoms with E-state index in [2.05, 4.69) is 10.6 Å². The van der Waals surface area contributed by atoms with E-state index in [1.807, 2.05) is 72.8 Å². The summed E-state index contributed by atoms with van der Waals surface area (Å²) in [5.74, 6) is -1.87. The Bertz CT molecular complexity index is 1110. The molecule has 1 aliphatic rings. The number of carbonyl (C=O) groups excluding carboxylic acids is 3. The van der Waals surface area contributed by atoms with Gasteiger partial charge in [0.1, 0.15) is 6.10 Å². The molecule has 1 heterocycles. The summed E-state index contributed by atoms with van der Waals surface area (Å²) in [4.78, 5) is 40.0. The lowest BCUT2D eigenvalue weighted by atomic mass is 9.92. The minimum absolute atomic E-state index is 0.00911. The zero-order valence-corrected chi connectivity index (χ0v) is 24.4. The van der Waals surface area contributed by atoms with Crippen LogP contribution < -0.4 is 10.6 Å². The third kappa shape index (κ3) is 11.4. The van der Waals surface area contributed by atoms with Crippen LogP contribution >= 0.6 is 0 Å². The molecule has 1 aliphatic heterocycles. The second-order valence-electron chi connectivity index (χ2n) is 10.5. The van der Waals surface area contributed by atoms with Gasteiger partial charge in [0.15, 0.2) is 0 Å². The fourth-order valence-electron chi connectivity index (χ4n) is 5.00. The molecule has 0 spiro atoms. The van der Waals surface area contributed by atoms with Gasteiger partial charge in [-0.1, -0.05) is 72.8 Å². The number of ether oxygens (including phenoxy) is 3. The van der Waals surface area contributed by atoms with Gasteiger partial charge in [-0.05, 0) is 43.2 Å². The molecule has 0 aliphatic carbocycles. The quantitative estimate of drug-likeness (QED) is 0.199. The van der Waals surface area contributed by atoms with Crippen LogP contribution in [0.15, 0.2) is 72.8 Å². The minimum atomic E-state index is -0.780. The second kappa shape index (κ2) is 18.8. The van der Waals surface area contributed by atoms with E-state index in [0.29, 0.717) is 19.3 Å². The molecule has 9 nitrogen and oxygen atoms in total. The number of nitrogens with one attached hydrogen (secondary N) is 2. The second-order valence-corrected chi connectivity index (χ2v) is 10.5. The highest BCUT2D eigenvalue weighted by atomic mass is 16.5. The van der Waals surface area contributed by atoms with Gasteiger partial charge in [-0.25, -0.2) is 0 Å². The van der Waals surface area contributed by atoms with Crippen LogP contribution in [0.4, 0.5) is 0 Å². The molecule has 3 rings (SSSR count). The van der Waals surface area contributed by atoms with Crippen molar-refractivity contribution in [3.63, 3.8) is 0 Å². The van der Waals surface area contributed by atoms with Crippen molar-refractivity contribution < 1.29 is 33.7 Å². The molecular weight excluding hydrogens is 536 g/mol. The maximum atomic E-state index is 13.7. The average molecular weight is 581 g/mol. The first-order valence-corrected chi connectivity index (χ1v) is 14.7. The van der Waals surface area contributed by atoms with Gasteiger partial charge >= 0.3 is 5.97 Å². The summed E-state index contributed by atoms with van der Waals surface area (Å²) in [7, 11) is 1.53. The Labute approximate surface area is 248 Å². The molecule has 42 heavy (non-hydrogen) atoms. The molecule has 0 aromatic heterocycles. The number of esters is 1. The van der Waals surface area contributed by atoms with E-state index in [1.165, 1.54) is 7.11 Å². The van der Waals surface area contributed by atoms with Crippen LogP contribution in [0.1, 0.15) is 49.3 Å². The SMILES string of the molecule is COC[C@@H]1NC(=O)[C@@H](CC(=O)NCCOCCO)CC=CCCC[C@H](Cc2ccccc2)C(=O)O[C@H]1c1ccccc1. The van der Waals surface area contributed by atoms with Crippen molar-refractivity contribution in [1.82, 2.24) is 10.6 Å². The number of hydrogen-bond acceptors (Lipinski definition) is 7. The number of allylic oxidation sites excluding steroid dienone is 2. The molecular formula is C33H44N2O7. The Hall–Kier alpha value is -3.53. The van der Waals surface area contributed by atoms with Crippen LogP contribution in [0.3, 0.4) is 0 Å². The summed E-state index contributed by atoms with van der Waals surface area (Å²) in [5, 5.41) is 14.6. The van der Waals surface area contributed by atoms with Gasteiger partial charge < -0.3 is 30.0 Å². The van der Waals surface area contributed by atoms with Crippen molar-refractivity contribution in [2.75, 3.05) is 40.1 Å². The molecule has 0 bridgehead atoms. The van der Waals surface area contributed by atoms with Gasteiger partial charge in [-0.2, -0.15) is 0 Å². The Kier molecular flexibility index (Phi) is 14.8. The summed E-state index contributed by atoms with van der Waals surface area (Å²) >= 11 is 0. The maximum Gasteiger partial charge on any atom is 0.309 e. The number of methoxy groups -OCH3 is 1. The monoisotopic (exact) mass is 580 g/mol. The predicted molar refractivity (Wildman–Crippen MR) is 159 cm³/mol. The van der Waals surface area contributed by atoms with E-state index >= 15 is 0 Å². The van der Waals surface area contributed by atoms with Gasteiger partial charge in [-0.15, -0.1) is 0 Å². The van der Waals surface area contributed by atoms with Crippen LogP contribution in [-0.4, -0.2) is 69.0 Å². The number of amides is 2. The number of aliphatic hydroxyl groups excluding tert-OH is 1. The number of carbonyl (C=O) groups is 3. The van der Waals surface area contributed by atoms with E-state index in [1.54, 1.807) is 0 Å². The Morgan fingerprint density at radius 2 is 1.76 bits per heavy atom. The molecule has 9 heteroatoms. The molecule has 2 amide bonds. The van der Waals surface area contributed by atoms with Crippen molar-refractivity contribution in [2.24, 2.45) is 11.8 Å². The third-order valence-electron chi connectivity index (χ3n) is 7.19. The topological polar surface area (TPSA) is 123 Å². The Morgan fingerprint density at radius 1 is 1.02 bits per heavy atom. The predicted octanol–water partition coefficient (Wildman–Crippen LogP) is 3.52. The first-order chi connectivity index (χ1) is 20.5. The van der Waals surface area contributed by atoms with Crippen LogP contribution in [0, 0.1) is 11.8 Å². The number of benzene rings is 2. The van der Waals surface area contributed by atoms with E-state index in [9.17, 15) is 14.4 Å². The molecule has 0 saturated carbocycles. The molecule has 0 unspecified atom stereocenters. The Balaban J connectivity index is 1.83. The largest absolute Gasteiger partial charge is 0.455 e. The van der Waals surface area contributed by atoms with Crippen molar-refractivity contribution in [3.05, 3.63) is 83.9 Å². The minimum Gasteiger partial charge on any atom is -0.455 e. The number of aliphatic hydroxyl groups is 1. The van der Waals surface area contributed by atoms with Gasteiger partial charge in [0.2, 0.25) is 11.8 Å². The third-order valence-corrected chi connectivity index (χ3v) is 7.19. The lowest BCUT2D eigenvalue weighted by Gasteiger charge is -2.30. The summed E-state index contributed by atoms with van der Waals surface area (Å²) in [6.07, 6.45) is 6.31. The number of rotatable bonds is 12. The van der Waals surface area contributed by atoms with Crippen molar-refractivity contribution in [3.8, 4) is 0 Å². The summed E-state index contributed by atoms with van der Waals surface area (Å²) < 4.78 is 16.9. The van der Waals surface area contributed by atoms with Gasteiger partial charge in [0.25, 0.3) is 0 Å². The van der Waals surface area contributed by atoms with Crippen LogP contribution in [0.5, 0.6) is 0 Å². The molecule has 228 valence electrons. The zero-order chi connectivity index (χ0) is 30.0. The van der Waals surface area contributed by atoms with Gasteiger partial charge in [0, 0.05) is 20.1 Å². The van der Waals surface area contributed by atoms with Gasteiger partial charge in [-0.3, -0.25) is 14.4 Å². The lowest BCUT2D eigenvalue weighted by Crippen LogP contribution is -2.47. The van der Waals surface area contributed by atoms with E-state index < -0.39 is 18.1 Å². The summed E-state index contributed by atoms with van der Waals surface area (Å²) in [6, 6.07) is 18.6. The van der Waals surface area contributed by atoms with Crippen LogP contribution in [0.25, 0.3) is 0 Å². The molecule has 0 saturated heterocycles. The molecule has 4 atom stereocenters. The van der Waals surface area contributed by atoms with Crippen LogP contribution in [0.2, 0.25) is 0 Å². The van der Waals surface area contributed by atoms with Crippen molar-refractivity contribution in [1.29, 1.82) is 0 Å². The lowest BCUT2D eigenvalue weighted by molar-refractivity contribution is -0.158. The molecule has 2 aromatic carbocycles. The zero-order valence-electron chi connectivity index (χ0n) is 24.4. The van der Waals surface area contributed by atoms with Crippen molar-refractivity contribution >= 4 is 17.8 Å². The fourth-order valence-corrected chi connectivity index (χ4v) is 5.00. The number of hydrogen-bond donors (Lipinski definition) is 3. The van der Waals surface area contributed by atoms with E-state index in [-0.39, 0.29) is 63.1 Å². The summed E-state index contributed by atoms with van der Waals surface area (Å²) in [6.45, 7) is 0.781. The summed E-state index contributed by atoms with van der Waals surface area (Å²) in [5.41, 5.74) is 1.81. The molecule has 3 N–H and O–H groups in total. The first-order valence-electron chi connectivity index (χ1n) is 14.7. The molecule has 0 fully saturated rings. The average Bonchev–Trinajstić information content (AvgIpc) is 3.00. The highest BCUT2D eigenvalue weighted by Gasteiger charge is 2.33. The van der Waals surface area contributed by atoms with Crippen LogP contribution in [-0.2, 0) is 35.0 Å². The molecule has 0 radical (unpaired) electrons. The maximum absolute atomic E-state index is 13.7. The Morgan fingerprint density at radius 3 is 2.48 bits per heavy atom. The fraction of sp³-hybridized carbons (Fsp3) is 0.485. The normalized spacial score (nSPS) is 22.0. The van der Waals surface area contributed by atoms with E-state index in [0.717, 1.165) is 24.0 Å².